The van der Waals surface area contributed by atoms with Gasteiger partial charge in [0, 0.05) is 31.4 Å². The predicted molar refractivity (Wildman–Crippen MR) is 70.9 cm³/mol. The molecule has 2 rings (SSSR count). The van der Waals surface area contributed by atoms with Gasteiger partial charge in [-0.15, -0.1) is 0 Å². The van der Waals surface area contributed by atoms with Gasteiger partial charge in [0.15, 0.2) is 0 Å². The van der Waals surface area contributed by atoms with E-state index in [4.69, 9.17) is 0 Å². The maximum absolute atomic E-state index is 4.41. The Hall–Kier alpha value is -0.830. The van der Waals surface area contributed by atoms with Crippen molar-refractivity contribution >= 4 is 0 Å². The quantitative estimate of drug-likeness (QED) is 0.850. The molecule has 3 nitrogen and oxygen atoms in total. The SMILES string of the molecule is CCC1(CNC(C)c2cn(C)nc2C)CCC1. The molecule has 0 aromatic carbocycles. The first-order valence-electron chi connectivity index (χ1n) is 6.80. The molecule has 0 bridgehead atoms. The number of nitrogens with zero attached hydrogens (tertiary/aromatic N) is 2. The van der Waals surface area contributed by atoms with E-state index >= 15 is 0 Å². The molecule has 1 aliphatic carbocycles. The van der Waals surface area contributed by atoms with Crippen molar-refractivity contribution in [1.29, 1.82) is 0 Å². The molecule has 17 heavy (non-hydrogen) atoms. The van der Waals surface area contributed by atoms with Crippen molar-refractivity contribution in [2.45, 2.75) is 52.5 Å². The highest BCUT2D eigenvalue weighted by Crippen LogP contribution is 2.43. The van der Waals surface area contributed by atoms with Crippen LogP contribution < -0.4 is 5.32 Å². The van der Waals surface area contributed by atoms with Crippen molar-refractivity contribution in [3.63, 3.8) is 0 Å². The van der Waals surface area contributed by atoms with Crippen LogP contribution >= 0.6 is 0 Å². The minimum Gasteiger partial charge on any atom is -0.310 e. The minimum atomic E-state index is 0.410. The van der Waals surface area contributed by atoms with Gasteiger partial charge in [-0.3, -0.25) is 4.68 Å². The first-order valence-corrected chi connectivity index (χ1v) is 6.80. The second-order valence-corrected chi connectivity index (χ2v) is 5.65. The molecule has 1 unspecified atom stereocenters. The zero-order valence-electron chi connectivity index (χ0n) is 11.6. The van der Waals surface area contributed by atoms with Crippen LogP contribution in [-0.2, 0) is 7.05 Å². The van der Waals surface area contributed by atoms with E-state index in [1.54, 1.807) is 0 Å². The van der Waals surface area contributed by atoms with E-state index in [-0.39, 0.29) is 0 Å². The number of aromatic nitrogens is 2. The Labute approximate surface area is 105 Å². The van der Waals surface area contributed by atoms with Crippen molar-refractivity contribution in [1.82, 2.24) is 15.1 Å². The fourth-order valence-electron chi connectivity index (χ4n) is 2.85. The summed E-state index contributed by atoms with van der Waals surface area (Å²) in [5.41, 5.74) is 3.06. The van der Waals surface area contributed by atoms with Crippen molar-refractivity contribution in [2.24, 2.45) is 12.5 Å². The Morgan fingerprint density at radius 3 is 2.65 bits per heavy atom. The summed E-state index contributed by atoms with van der Waals surface area (Å²) in [6, 6.07) is 0.410. The molecule has 0 saturated heterocycles. The maximum Gasteiger partial charge on any atom is 0.0641 e. The van der Waals surface area contributed by atoms with Crippen LogP contribution in [0, 0.1) is 12.3 Å². The number of rotatable bonds is 5. The van der Waals surface area contributed by atoms with Crippen molar-refractivity contribution in [3.05, 3.63) is 17.5 Å². The van der Waals surface area contributed by atoms with E-state index in [0.717, 1.165) is 12.2 Å². The van der Waals surface area contributed by atoms with Gasteiger partial charge in [0.25, 0.3) is 0 Å². The first kappa shape index (κ1) is 12.6. The van der Waals surface area contributed by atoms with Gasteiger partial charge in [0.2, 0.25) is 0 Å². The van der Waals surface area contributed by atoms with E-state index < -0.39 is 0 Å². The van der Waals surface area contributed by atoms with Crippen LogP contribution in [-0.4, -0.2) is 16.3 Å². The van der Waals surface area contributed by atoms with Gasteiger partial charge >= 0.3 is 0 Å². The lowest BCUT2D eigenvalue weighted by Gasteiger charge is -2.42. The number of hydrogen-bond donors (Lipinski definition) is 1. The minimum absolute atomic E-state index is 0.410. The number of nitrogens with one attached hydrogen (secondary N) is 1. The lowest BCUT2D eigenvalue weighted by Crippen LogP contribution is -2.40. The summed E-state index contributed by atoms with van der Waals surface area (Å²) >= 11 is 0. The van der Waals surface area contributed by atoms with Gasteiger partial charge in [-0.1, -0.05) is 13.3 Å². The summed E-state index contributed by atoms with van der Waals surface area (Å²) in [6.45, 7) is 7.80. The molecule has 0 radical (unpaired) electrons. The maximum atomic E-state index is 4.41. The van der Waals surface area contributed by atoms with Crippen LogP contribution in [0.1, 0.15) is 56.8 Å². The van der Waals surface area contributed by atoms with Crippen molar-refractivity contribution in [2.75, 3.05) is 6.54 Å². The molecule has 1 fully saturated rings. The first-order chi connectivity index (χ1) is 8.06. The topological polar surface area (TPSA) is 29.9 Å². The lowest BCUT2D eigenvalue weighted by molar-refractivity contribution is 0.120. The largest absolute Gasteiger partial charge is 0.310 e. The molecule has 1 atom stereocenters. The average Bonchev–Trinajstić information content (AvgIpc) is 2.57. The van der Waals surface area contributed by atoms with Gasteiger partial charge in [-0.25, -0.2) is 0 Å². The Balaban J connectivity index is 1.93. The van der Waals surface area contributed by atoms with E-state index in [1.807, 2.05) is 11.7 Å². The molecule has 1 aromatic rings. The van der Waals surface area contributed by atoms with Gasteiger partial charge in [-0.05, 0) is 38.5 Å². The molecular weight excluding hydrogens is 210 g/mol. The Morgan fingerprint density at radius 1 is 1.53 bits per heavy atom. The summed E-state index contributed by atoms with van der Waals surface area (Å²) in [6.07, 6.45) is 7.64. The second kappa shape index (κ2) is 4.81. The normalized spacial score (nSPS) is 20.0. The zero-order valence-corrected chi connectivity index (χ0v) is 11.6. The average molecular weight is 235 g/mol. The Morgan fingerprint density at radius 2 is 2.24 bits per heavy atom. The molecule has 96 valence electrons. The summed E-state index contributed by atoms with van der Waals surface area (Å²) < 4.78 is 1.90. The second-order valence-electron chi connectivity index (χ2n) is 5.65. The molecule has 3 heteroatoms. The molecular formula is C14H25N3. The fourth-order valence-corrected chi connectivity index (χ4v) is 2.85. The monoisotopic (exact) mass is 235 g/mol. The van der Waals surface area contributed by atoms with Crippen LogP contribution in [0.25, 0.3) is 0 Å². The lowest BCUT2D eigenvalue weighted by atomic mass is 9.67. The van der Waals surface area contributed by atoms with E-state index in [2.05, 4.69) is 37.4 Å². The molecule has 1 heterocycles. The standard InChI is InChI=1S/C14H25N3/c1-5-14(7-6-8-14)10-15-11(2)13-9-17(4)16-12(13)3/h9,11,15H,5-8,10H2,1-4H3. The number of aryl methyl sites for hydroxylation is 2. The van der Waals surface area contributed by atoms with Crippen LogP contribution in [0.5, 0.6) is 0 Å². The van der Waals surface area contributed by atoms with Crippen LogP contribution in [0.4, 0.5) is 0 Å². The third-order valence-corrected chi connectivity index (χ3v) is 4.47. The van der Waals surface area contributed by atoms with Gasteiger partial charge in [-0.2, -0.15) is 5.10 Å². The molecule has 0 aliphatic heterocycles. The zero-order chi connectivity index (χ0) is 12.5. The predicted octanol–water partition coefficient (Wildman–Crippen LogP) is 2.96. The van der Waals surface area contributed by atoms with Gasteiger partial charge in [0.1, 0.15) is 0 Å². The van der Waals surface area contributed by atoms with Crippen LogP contribution in [0.3, 0.4) is 0 Å². The summed E-state index contributed by atoms with van der Waals surface area (Å²) in [5.74, 6) is 0. The Kier molecular flexibility index (Phi) is 3.57. The smallest absolute Gasteiger partial charge is 0.0641 e. The molecule has 1 aromatic heterocycles. The summed E-state index contributed by atoms with van der Waals surface area (Å²) in [4.78, 5) is 0. The third-order valence-electron chi connectivity index (χ3n) is 4.47. The highest BCUT2D eigenvalue weighted by Gasteiger charge is 2.35. The van der Waals surface area contributed by atoms with Gasteiger partial charge in [0.05, 0.1) is 5.69 Å². The third kappa shape index (κ3) is 2.54. The van der Waals surface area contributed by atoms with Crippen molar-refractivity contribution in [3.8, 4) is 0 Å². The van der Waals surface area contributed by atoms with E-state index in [1.165, 1.54) is 31.2 Å². The van der Waals surface area contributed by atoms with Crippen LogP contribution in [0.2, 0.25) is 0 Å². The molecule has 0 spiro atoms. The number of hydrogen-bond acceptors (Lipinski definition) is 2. The molecule has 0 amide bonds. The van der Waals surface area contributed by atoms with E-state index in [0.29, 0.717) is 11.5 Å². The fraction of sp³-hybridized carbons (Fsp3) is 0.786. The van der Waals surface area contributed by atoms with E-state index in [9.17, 15) is 0 Å². The Bertz CT molecular complexity index is 371. The summed E-state index contributed by atoms with van der Waals surface area (Å²) in [7, 11) is 1.99. The van der Waals surface area contributed by atoms with Gasteiger partial charge < -0.3 is 5.32 Å². The highest BCUT2D eigenvalue weighted by atomic mass is 15.3. The molecule has 1 aliphatic rings. The summed E-state index contributed by atoms with van der Waals surface area (Å²) in [5, 5.41) is 8.10. The molecule has 1 N–H and O–H groups in total. The highest BCUT2D eigenvalue weighted by molar-refractivity contribution is 5.19. The van der Waals surface area contributed by atoms with Crippen LogP contribution in [0.15, 0.2) is 6.20 Å². The molecule has 1 saturated carbocycles. The van der Waals surface area contributed by atoms with Crippen molar-refractivity contribution < 1.29 is 0 Å².